The molecule has 6 heteroatoms. The number of ether oxygens (including phenoxy) is 2. The van der Waals surface area contributed by atoms with Crippen LogP contribution in [0.2, 0.25) is 0 Å². The second-order valence-corrected chi connectivity index (χ2v) is 3.62. The first-order valence-electron chi connectivity index (χ1n) is 5.37. The second kappa shape index (κ2) is 5.42. The van der Waals surface area contributed by atoms with E-state index in [1.165, 1.54) is 12.1 Å². The summed E-state index contributed by atoms with van der Waals surface area (Å²) in [6.45, 7) is 0.860. The lowest BCUT2D eigenvalue weighted by molar-refractivity contribution is -0.384. The van der Waals surface area contributed by atoms with Gasteiger partial charge in [-0.1, -0.05) is 0 Å². The van der Waals surface area contributed by atoms with Gasteiger partial charge < -0.3 is 9.47 Å². The number of non-ortho nitro benzene ring substituents is 1. The van der Waals surface area contributed by atoms with Crippen molar-refractivity contribution in [3.8, 4) is 5.88 Å². The van der Waals surface area contributed by atoms with Gasteiger partial charge in [0.25, 0.3) is 5.69 Å². The van der Waals surface area contributed by atoms with Crippen LogP contribution in [0.5, 0.6) is 5.88 Å². The van der Waals surface area contributed by atoms with Crippen LogP contribution in [-0.4, -0.2) is 30.2 Å². The predicted octanol–water partition coefficient (Wildman–Crippen LogP) is 2.17. The van der Waals surface area contributed by atoms with Crippen molar-refractivity contribution in [2.75, 3.05) is 20.3 Å². The summed E-state index contributed by atoms with van der Waals surface area (Å²) >= 11 is 0. The van der Waals surface area contributed by atoms with Gasteiger partial charge in [0.2, 0.25) is 5.88 Å². The normalized spacial score (nSPS) is 10.5. The zero-order chi connectivity index (χ0) is 13.0. The van der Waals surface area contributed by atoms with Crippen LogP contribution >= 0.6 is 0 Å². The Hall–Kier alpha value is -2.21. The topological polar surface area (TPSA) is 74.5 Å². The fraction of sp³-hybridized carbons (Fsp3) is 0.250. The lowest BCUT2D eigenvalue weighted by Crippen LogP contribution is -2.05. The van der Waals surface area contributed by atoms with E-state index in [9.17, 15) is 10.1 Å². The molecule has 0 N–H and O–H groups in total. The van der Waals surface area contributed by atoms with Crippen molar-refractivity contribution in [3.63, 3.8) is 0 Å². The van der Waals surface area contributed by atoms with Gasteiger partial charge in [-0.25, -0.2) is 4.98 Å². The van der Waals surface area contributed by atoms with Gasteiger partial charge in [0.1, 0.15) is 6.61 Å². The SMILES string of the molecule is COCCOc1ccc2ccc([N+](=O)[O-])cc2n1. The van der Waals surface area contributed by atoms with E-state index < -0.39 is 4.92 Å². The van der Waals surface area contributed by atoms with Crippen molar-refractivity contribution in [2.24, 2.45) is 0 Å². The molecule has 18 heavy (non-hydrogen) atoms. The number of benzene rings is 1. The van der Waals surface area contributed by atoms with Crippen LogP contribution in [-0.2, 0) is 4.74 Å². The lowest BCUT2D eigenvalue weighted by atomic mass is 10.2. The van der Waals surface area contributed by atoms with Gasteiger partial charge >= 0.3 is 0 Å². The lowest BCUT2D eigenvalue weighted by Gasteiger charge is -2.05. The Morgan fingerprint density at radius 2 is 2.06 bits per heavy atom. The fourth-order valence-electron chi connectivity index (χ4n) is 1.51. The molecule has 0 fully saturated rings. The van der Waals surface area contributed by atoms with Crippen molar-refractivity contribution in [3.05, 3.63) is 40.4 Å². The minimum absolute atomic E-state index is 0.0176. The van der Waals surface area contributed by atoms with Gasteiger partial charge in [-0.15, -0.1) is 0 Å². The highest BCUT2D eigenvalue weighted by Crippen LogP contribution is 2.21. The largest absolute Gasteiger partial charge is 0.475 e. The number of methoxy groups -OCH3 is 1. The van der Waals surface area contributed by atoms with Gasteiger partial charge in [-0.3, -0.25) is 10.1 Å². The number of fused-ring (bicyclic) bond motifs is 1. The molecule has 0 spiro atoms. The van der Waals surface area contributed by atoms with Gasteiger partial charge in [0.05, 0.1) is 17.0 Å². The van der Waals surface area contributed by atoms with E-state index in [4.69, 9.17) is 9.47 Å². The van der Waals surface area contributed by atoms with E-state index in [-0.39, 0.29) is 5.69 Å². The summed E-state index contributed by atoms with van der Waals surface area (Å²) in [5, 5.41) is 11.5. The number of hydrogen-bond acceptors (Lipinski definition) is 5. The predicted molar refractivity (Wildman–Crippen MR) is 65.8 cm³/mol. The van der Waals surface area contributed by atoms with Crippen molar-refractivity contribution >= 4 is 16.6 Å². The Kier molecular flexibility index (Phi) is 3.69. The summed E-state index contributed by atoms with van der Waals surface area (Å²) in [6.07, 6.45) is 0. The van der Waals surface area contributed by atoms with Crippen LogP contribution < -0.4 is 4.74 Å². The van der Waals surface area contributed by atoms with E-state index in [0.717, 1.165) is 5.39 Å². The van der Waals surface area contributed by atoms with E-state index in [0.29, 0.717) is 24.6 Å². The second-order valence-electron chi connectivity index (χ2n) is 3.62. The minimum Gasteiger partial charge on any atom is -0.475 e. The molecule has 94 valence electrons. The first-order valence-corrected chi connectivity index (χ1v) is 5.37. The number of aromatic nitrogens is 1. The summed E-state index contributed by atoms with van der Waals surface area (Å²) in [5.74, 6) is 0.431. The molecule has 0 bridgehead atoms. The van der Waals surface area contributed by atoms with Gasteiger partial charge in [-0.05, 0) is 12.1 Å². The summed E-state index contributed by atoms with van der Waals surface area (Å²) in [7, 11) is 1.58. The van der Waals surface area contributed by atoms with Crippen molar-refractivity contribution in [1.29, 1.82) is 0 Å². The molecule has 0 aliphatic heterocycles. The summed E-state index contributed by atoms with van der Waals surface area (Å²) in [5.41, 5.74) is 0.558. The zero-order valence-corrected chi connectivity index (χ0v) is 9.83. The molecule has 0 radical (unpaired) electrons. The quantitative estimate of drug-likeness (QED) is 0.460. The summed E-state index contributed by atoms with van der Waals surface area (Å²) < 4.78 is 10.2. The molecule has 2 aromatic rings. The van der Waals surface area contributed by atoms with Crippen LogP contribution in [0.15, 0.2) is 30.3 Å². The Labute approximate surface area is 103 Å². The van der Waals surface area contributed by atoms with Crippen LogP contribution in [0.1, 0.15) is 0 Å². The van der Waals surface area contributed by atoms with Crippen LogP contribution in [0, 0.1) is 10.1 Å². The molecule has 1 aromatic heterocycles. The molecule has 1 aromatic carbocycles. The molecular formula is C12H12N2O4. The minimum atomic E-state index is -0.445. The Morgan fingerprint density at radius 1 is 1.28 bits per heavy atom. The summed E-state index contributed by atoms with van der Waals surface area (Å²) in [6, 6.07) is 8.09. The van der Waals surface area contributed by atoms with Gasteiger partial charge in [0, 0.05) is 30.7 Å². The molecule has 1 heterocycles. The molecule has 0 unspecified atom stereocenters. The highest BCUT2D eigenvalue weighted by molar-refractivity contribution is 5.81. The molecule has 0 atom stereocenters. The summed E-state index contributed by atoms with van der Waals surface area (Å²) in [4.78, 5) is 14.4. The van der Waals surface area contributed by atoms with Crippen LogP contribution in [0.3, 0.4) is 0 Å². The number of nitro groups is 1. The average molecular weight is 248 g/mol. The van der Waals surface area contributed by atoms with Crippen molar-refractivity contribution in [2.45, 2.75) is 0 Å². The van der Waals surface area contributed by atoms with E-state index >= 15 is 0 Å². The number of nitro benzene ring substituents is 1. The van der Waals surface area contributed by atoms with Crippen molar-refractivity contribution < 1.29 is 14.4 Å². The average Bonchev–Trinajstić information content (AvgIpc) is 2.38. The molecular weight excluding hydrogens is 236 g/mol. The Bertz CT molecular complexity index is 571. The maximum Gasteiger partial charge on any atom is 0.271 e. The van der Waals surface area contributed by atoms with Crippen LogP contribution in [0.25, 0.3) is 10.9 Å². The third-order valence-electron chi connectivity index (χ3n) is 2.40. The highest BCUT2D eigenvalue weighted by Gasteiger charge is 2.07. The van der Waals surface area contributed by atoms with Crippen molar-refractivity contribution in [1.82, 2.24) is 4.98 Å². The third-order valence-corrected chi connectivity index (χ3v) is 2.40. The maximum absolute atomic E-state index is 10.7. The van der Waals surface area contributed by atoms with E-state index in [2.05, 4.69) is 4.98 Å². The Morgan fingerprint density at radius 3 is 2.78 bits per heavy atom. The Balaban J connectivity index is 2.27. The fourth-order valence-corrected chi connectivity index (χ4v) is 1.51. The molecule has 6 nitrogen and oxygen atoms in total. The molecule has 0 amide bonds. The van der Waals surface area contributed by atoms with Crippen LogP contribution in [0.4, 0.5) is 5.69 Å². The number of hydrogen-bond donors (Lipinski definition) is 0. The molecule has 0 aliphatic carbocycles. The molecule has 2 rings (SSSR count). The van der Waals surface area contributed by atoms with E-state index in [1.54, 1.807) is 19.2 Å². The first-order chi connectivity index (χ1) is 8.70. The van der Waals surface area contributed by atoms with E-state index in [1.807, 2.05) is 6.07 Å². The standard InChI is InChI=1S/C12H12N2O4/c1-17-6-7-18-12-5-3-9-2-4-10(14(15)16)8-11(9)13-12/h2-5,8H,6-7H2,1H3. The number of rotatable bonds is 5. The maximum atomic E-state index is 10.7. The monoisotopic (exact) mass is 248 g/mol. The number of pyridine rings is 1. The molecule has 0 saturated carbocycles. The zero-order valence-electron chi connectivity index (χ0n) is 9.83. The van der Waals surface area contributed by atoms with Gasteiger partial charge in [0.15, 0.2) is 0 Å². The first kappa shape index (κ1) is 12.3. The highest BCUT2D eigenvalue weighted by atomic mass is 16.6. The third kappa shape index (κ3) is 2.72. The molecule has 0 saturated heterocycles. The smallest absolute Gasteiger partial charge is 0.271 e. The molecule has 0 aliphatic rings. The van der Waals surface area contributed by atoms with Gasteiger partial charge in [-0.2, -0.15) is 0 Å². The number of nitrogens with zero attached hydrogens (tertiary/aromatic N) is 2.